The molecule has 0 aromatic heterocycles. The molecule has 4 N–H and O–H groups in total. The molecule has 0 unspecified atom stereocenters. The number of methoxy groups -OCH3 is 2. The Balaban J connectivity index is 1.90. The third-order valence-corrected chi connectivity index (χ3v) is 3.88. The highest BCUT2D eigenvalue weighted by Gasteiger charge is 2.35. The highest BCUT2D eigenvalue weighted by molar-refractivity contribution is 5.96. The molecular formula is C16H23N3O5. The molecule has 0 aliphatic carbocycles. The second-order valence-corrected chi connectivity index (χ2v) is 5.60. The molecule has 1 fully saturated rings. The summed E-state index contributed by atoms with van der Waals surface area (Å²) in [4.78, 5) is 24.2. The molecule has 1 aromatic rings. The van der Waals surface area contributed by atoms with Crippen molar-refractivity contribution in [2.24, 2.45) is 5.73 Å². The van der Waals surface area contributed by atoms with Gasteiger partial charge in [0.2, 0.25) is 11.8 Å². The highest BCUT2D eigenvalue weighted by atomic mass is 16.5. The van der Waals surface area contributed by atoms with Gasteiger partial charge in [-0.3, -0.25) is 9.59 Å². The van der Waals surface area contributed by atoms with Crippen LogP contribution in [0.15, 0.2) is 18.2 Å². The van der Waals surface area contributed by atoms with Crippen LogP contribution in [0.1, 0.15) is 12.8 Å². The Hall–Kier alpha value is -2.32. The van der Waals surface area contributed by atoms with Crippen molar-refractivity contribution >= 4 is 17.5 Å². The third kappa shape index (κ3) is 4.59. The van der Waals surface area contributed by atoms with Crippen LogP contribution < -0.4 is 25.8 Å². The minimum Gasteiger partial charge on any atom is -0.497 e. The number of carbonyl (C=O) groups excluding carboxylic acids is 2. The molecule has 132 valence electrons. The van der Waals surface area contributed by atoms with Crippen LogP contribution in [0.5, 0.6) is 11.5 Å². The summed E-state index contributed by atoms with van der Waals surface area (Å²) in [5.74, 6) is 0.395. The molecule has 0 radical (unpaired) electrons. The predicted octanol–water partition coefficient (Wildman–Crippen LogP) is 0.266. The molecule has 8 nitrogen and oxygen atoms in total. The van der Waals surface area contributed by atoms with Gasteiger partial charge in [0.05, 0.1) is 26.3 Å². The first-order valence-corrected chi connectivity index (χ1v) is 7.65. The standard InChI is InChI=1S/C16H23N3O5/c1-22-12-7-11(8-13(9-12)23-2)19-14(20)10-18-15(21)16(17)3-5-24-6-4-16/h7-9H,3-6,10,17H2,1-2H3,(H,18,21)(H,19,20). The molecule has 0 atom stereocenters. The zero-order valence-corrected chi connectivity index (χ0v) is 13.9. The van der Waals surface area contributed by atoms with Gasteiger partial charge in [-0.15, -0.1) is 0 Å². The van der Waals surface area contributed by atoms with E-state index in [9.17, 15) is 9.59 Å². The monoisotopic (exact) mass is 337 g/mol. The molecular weight excluding hydrogens is 314 g/mol. The molecule has 0 bridgehead atoms. The minimum absolute atomic E-state index is 0.168. The number of rotatable bonds is 6. The molecule has 2 rings (SSSR count). The van der Waals surface area contributed by atoms with E-state index in [2.05, 4.69) is 10.6 Å². The summed E-state index contributed by atoms with van der Waals surface area (Å²) in [5, 5.41) is 5.26. The van der Waals surface area contributed by atoms with Crippen LogP contribution in [-0.2, 0) is 14.3 Å². The first kappa shape index (κ1) is 18.0. The molecule has 0 saturated carbocycles. The fraction of sp³-hybridized carbons (Fsp3) is 0.500. The van der Waals surface area contributed by atoms with Crippen molar-refractivity contribution in [2.75, 3.05) is 39.3 Å². The van der Waals surface area contributed by atoms with Gasteiger partial charge in [0.1, 0.15) is 11.5 Å². The molecule has 1 heterocycles. The summed E-state index contributed by atoms with van der Waals surface area (Å²) >= 11 is 0. The number of carbonyl (C=O) groups is 2. The molecule has 24 heavy (non-hydrogen) atoms. The Morgan fingerprint density at radius 1 is 1.17 bits per heavy atom. The summed E-state index contributed by atoms with van der Waals surface area (Å²) in [6.45, 7) is 0.720. The van der Waals surface area contributed by atoms with E-state index < -0.39 is 5.54 Å². The van der Waals surface area contributed by atoms with Gasteiger partial charge in [0.25, 0.3) is 0 Å². The Bertz CT molecular complexity index is 577. The average molecular weight is 337 g/mol. The van der Waals surface area contributed by atoms with Crippen LogP contribution in [-0.4, -0.2) is 51.3 Å². The minimum atomic E-state index is -0.974. The lowest BCUT2D eigenvalue weighted by Crippen LogP contribution is -2.57. The summed E-state index contributed by atoms with van der Waals surface area (Å²) in [6.07, 6.45) is 0.876. The maximum absolute atomic E-state index is 12.2. The normalized spacial score (nSPS) is 16.1. The summed E-state index contributed by atoms with van der Waals surface area (Å²) < 4.78 is 15.5. The van der Waals surface area contributed by atoms with Crippen LogP contribution in [0.25, 0.3) is 0 Å². The van der Waals surface area contributed by atoms with E-state index in [0.29, 0.717) is 43.2 Å². The molecule has 2 amide bonds. The topological polar surface area (TPSA) is 112 Å². The van der Waals surface area contributed by atoms with Gasteiger partial charge in [-0.05, 0) is 12.8 Å². The Kier molecular flexibility index (Phi) is 5.99. The van der Waals surface area contributed by atoms with Crippen molar-refractivity contribution in [1.29, 1.82) is 0 Å². The van der Waals surface area contributed by atoms with Crippen LogP contribution >= 0.6 is 0 Å². The summed E-state index contributed by atoms with van der Waals surface area (Å²) in [5.41, 5.74) is 5.60. The lowest BCUT2D eigenvalue weighted by molar-refractivity contribution is -0.131. The average Bonchev–Trinajstić information content (AvgIpc) is 2.59. The van der Waals surface area contributed by atoms with Gasteiger partial charge in [0.15, 0.2) is 0 Å². The van der Waals surface area contributed by atoms with Gasteiger partial charge in [-0.25, -0.2) is 0 Å². The van der Waals surface area contributed by atoms with Gasteiger partial charge in [0, 0.05) is 37.1 Å². The lowest BCUT2D eigenvalue weighted by atomic mass is 9.90. The van der Waals surface area contributed by atoms with Crippen molar-refractivity contribution in [3.8, 4) is 11.5 Å². The fourth-order valence-electron chi connectivity index (χ4n) is 2.38. The van der Waals surface area contributed by atoms with Gasteiger partial charge in [-0.1, -0.05) is 0 Å². The zero-order valence-electron chi connectivity index (χ0n) is 13.9. The van der Waals surface area contributed by atoms with Crippen molar-refractivity contribution in [3.63, 3.8) is 0 Å². The van der Waals surface area contributed by atoms with E-state index in [4.69, 9.17) is 19.9 Å². The number of anilines is 1. The number of ether oxygens (including phenoxy) is 3. The highest BCUT2D eigenvalue weighted by Crippen LogP contribution is 2.25. The van der Waals surface area contributed by atoms with Crippen molar-refractivity contribution < 1.29 is 23.8 Å². The van der Waals surface area contributed by atoms with Crippen LogP contribution in [0.4, 0.5) is 5.69 Å². The summed E-state index contributed by atoms with van der Waals surface area (Å²) in [6, 6.07) is 5.01. The first-order chi connectivity index (χ1) is 11.5. The summed E-state index contributed by atoms with van der Waals surface area (Å²) in [7, 11) is 3.05. The zero-order chi connectivity index (χ0) is 17.6. The second-order valence-electron chi connectivity index (χ2n) is 5.60. The van der Waals surface area contributed by atoms with Crippen molar-refractivity contribution in [1.82, 2.24) is 5.32 Å². The maximum atomic E-state index is 12.2. The second kappa shape index (κ2) is 7.98. The first-order valence-electron chi connectivity index (χ1n) is 7.65. The number of hydrogen-bond donors (Lipinski definition) is 3. The number of hydrogen-bond acceptors (Lipinski definition) is 6. The van der Waals surface area contributed by atoms with Crippen molar-refractivity contribution in [3.05, 3.63) is 18.2 Å². The number of nitrogens with two attached hydrogens (primary N) is 1. The van der Waals surface area contributed by atoms with Gasteiger partial charge >= 0.3 is 0 Å². The smallest absolute Gasteiger partial charge is 0.243 e. The molecule has 1 saturated heterocycles. The molecule has 0 spiro atoms. The number of amides is 2. The number of benzene rings is 1. The Labute approximate surface area is 140 Å². The van der Waals surface area contributed by atoms with E-state index in [1.807, 2.05) is 0 Å². The Morgan fingerprint density at radius 2 is 1.75 bits per heavy atom. The van der Waals surface area contributed by atoms with E-state index >= 15 is 0 Å². The SMILES string of the molecule is COc1cc(NC(=O)CNC(=O)C2(N)CCOCC2)cc(OC)c1. The maximum Gasteiger partial charge on any atom is 0.243 e. The van der Waals surface area contributed by atoms with Crippen molar-refractivity contribution in [2.45, 2.75) is 18.4 Å². The fourth-order valence-corrected chi connectivity index (χ4v) is 2.38. The van der Waals surface area contributed by atoms with Gasteiger partial charge < -0.3 is 30.6 Å². The van der Waals surface area contributed by atoms with E-state index in [1.54, 1.807) is 18.2 Å². The molecule has 8 heteroatoms. The molecule has 1 aromatic carbocycles. The van der Waals surface area contributed by atoms with E-state index in [1.165, 1.54) is 14.2 Å². The van der Waals surface area contributed by atoms with E-state index in [0.717, 1.165) is 0 Å². The lowest BCUT2D eigenvalue weighted by Gasteiger charge is -2.31. The molecule has 1 aliphatic rings. The van der Waals surface area contributed by atoms with Crippen LogP contribution in [0.3, 0.4) is 0 Å². The quantitative estimate of drug-likeness (QED) is 0.687. The predicted molar refractivity (Wildman–Crippen MR) is 88.2 cm³/mol. The Morgan fingerprint density at radius 3 is 2.29 bits per heavy atom. The van der Waals surface area contributed by atoms with E-state index in [-0.39, 0.29) is 18.4 Å². The third-order valence-electron chi connectivity index (χ3n) is 3.88. The molecule has 1 aliphatic heterocycles. The van der Waals surface area contributed by atoms with Crippen LogP contribution in [0, 0.1) is 0 Å². The van der Waals surface area contributed by atoms with Gasteiger partial charge in [-0.2, -0.15) is 0 Å². The number of nitrogens with one attached hydrogen (secondary N) is 2. The van der Waals surface area contributed by atoms with Crippen LogP contribution in [0.2, 0.25) is 0 Å². The largest absolute Gasteiger partial charge is 0.497 e.